The lowest BCUT2D eigenvalue weighted by molar-refractivity contribution is 0.193. The fourth-order valence-corrected chi connectivity index (χ4v) is 16.9. The van der Waals surface area contributed by atoms with Gasteiger partial charge in [0, 0.05) is 50.4 Å². The summed E-state index contributed by atoms with van der Waals surface area (Å²) in [6, 6.07) is 32.2. The second-order valence-corrected chi connectivity index (χ2v) is 24.7. The fraction of sp³-hybridized carbons (Fsp3) is 0.500. The van der Waals surface area contributed by atoms with Gasteiger partial charge in [0.2, 0.25) is 0 Å². The monoisotopic (exact) mass is 844 g/mol. The van der Waals surface area contributed by atoms with Crippen LogP contribution in [0.3, 0.4) is 0 Å². The quantitative estimate of drug-likeness (QED) is 0.164. The van der Waals surface area contributed by atoms with Gasteiger partial charge in [0.1, 0.15) is 0 Å². The maximum Gasteiger partial charge on any atom is 0.252 e. The second-order valence-electron chi connectivity index (χ2n) is 24.7. The summed E-state index contributed by atoms with van der Waals surface area (Å²) in [5, 5.41) is 0. The first-order valence-corrected chi connectivity index (χ1v) is 25.5. The van der Waals surface area contributed by atoms with E-state index in [1.807, 2.05) is 0 Å². The Labute approximate surface area is 385 Å². The van der Waals surface area contributed by atoms with E-state index in [0.29, 0.717) is 0 Å². The average molecular weight is 844 g/mol. The standard InChI is InChI=1S/C60H70BN3/c1-37-31-38(2)50-53-49(37)57(8)27-17-20-30-60(57,11)64(53)48-36-42(62-46-24-23-40(39-21-13-12-14-22-39)32-43(46)55(6)25-15-18-28-58(55,62)9)35-47-51(48)61(50)45-34-41(54(3,4)5)33-44-52(45)63(47)59(10)29-19-16-26-56(44,59)7/h12-14,21-24,31-36H,15-20,25-30H2,1-11H3. The molecule has 0 amide bonds. The molecule has 0 bridgehead atoms. The van der Waals surface area contributed by atoms with Crippen LogP contribution in [-0.2, 0) is 21.7 Å². The van der Waals surface area contributed by atoms with Gasteiger partial charge >= 0.3 is 0 Å². The Morgan fingerprint density at radius 1 is 0.484 bits per heavy atom. The van der Waals surface area contributed by atoms with Crippen LogP contribution in [0.4, 0.5) is 34.1 Å². The zero-order valence-electron chi connectivity index (χ0n) is 40.9. The molecule has 5 aromatic carbocycles. The minimum absolute atomic E-state index is 0.0258. The van der Waals surface area contributed by atoms with Crippen molar-refractivity contribution in [1.29, 1.82) is 0 Å². The number of hydrogen-bond donors (Lipinski definition) is 0. The highest BCUT2D eigenvalue weighted by atomic mass is 15.3. The van der Waals surface area contributed by atoms with E-state index >= 15 is 0 Å². The summed E-state index contributed by atoms with van der Waals surface area (Å²) < 4.78 is 0. The molecule has 5 heterocycles. The van der Waals surface area contributed by atoms with E-state index < -0.39 is 0 Å². The third-order valence-electron chi connectivity index (χ3n) is 20.8. The summed E-state index contributed by atoms with van der Waals surface area (Å²) in [5.74, 6) is 0. The van der Waals surface area contributed by atoms with Crippen molar-refractivity contribution in [3.8, 4) is 11.1 Å². The van der Waals surface area contributed by atoms with Gasteiger partial charge in [0.05, 0.1) is 16.6 Å². The van der Waals surface area contributed by atoms with Gasteiger partial charge in [-0.3, -0.25) is 0 Å². The van der Waals surface area contributed by atoms with Crippen molar-refractivity contribution in [2.24, 2.45) is 0 Å². The summed E-state index contributed by atoms with van der Waals surface area (Å²) in [6.45, 7) is 28.4. The average Bonchev–Trinajstić information content (AvgIpc) is 3.72. The van der Waals surface area contributed by atoms with Gasteiger partial charge in [0.15, 0.2) is 0 Å². The van der Waals surface area contributed by atoms with Crippen molar-refractivity contribution in [3.63, 3.8) is 0 Å². The van der Waals surface area contributed by atoms with E-state index in [1.165, 1.54) is 128 Å². The molecule has 0 aromatic heterocycles. The maximum absolute atomic E-state index is 3.02. The largest absolute Gasteiger partial charge is 0.335 e. The van der Waals surface area contributed by atoms with Gasteiger partial charge in [-0.1, -0.05) is 140 Å². The van der Waals surface area contributed by atoms with Crippen molar-refractivity contribution in [2.45, 2.75) is 191 Å². The highest BCUT2D eigenvalue weighted by Gasteiger charge is 2.66. The first kappa shape index (κ1) is 39.9. The predicted octanol–water partition coefficient (Wildman–Crippen LogP) is 13.6. The molecule has 4 heteroatoms. The molecule has 3 aliphatic carbocycles. The molecule has 64 heavy (non-hydrogen) atoms. The van der Waals surface area contributed by atoms with Gasteiger partial charge in [-0.2, -0.15) is 0 Å². The van der Waals surface area contributed by atoms with Gasteiger partial charge in [-0.05, 0) is 158 Å². The third kappa shape index (κ3) is 4.40. The Kier molecular flexibility index (Phi) is 7.67. The SMILES string of the molecule is Cc1cc(C)c2c3c1B1c4cc(C(C)(C)C)cc5c4N(c4cc(N6c7ccc(-c8ccccc8)cc7C7(C)CCCCC67C)cc(c41)N3C1(C)CCCCC21C)C1(C)CCCCC51C. The highest BCUT2D eigenvalue weighted by molar-refractivity contribution is 7.00. The van der Waals surface area contributed by atoms with Gasteiger partial charge in [-0.25, -0.2) is 0 Å². The molecular weight excluding hydrogens is 773 g/mol. The van der Waals surface area contributed by atoms with Crippen LogP contribution in [0.15, 0.2) is 78.9 Å². The number of aryl methyl sites for hydroxylation is 2. The number of fused-ring (bicyclic) bond motifs is 13. The molecular formula is C60H70BN3. The molecule has 13 rings (SSSR count). The summed E-state index contributed by atoms with van der Waals surface area (Å²) in [7, 11) is 0. The van der Waals surface area contributed by atoms with Crippen molar-refractivity contribution >= 4 is 57.2 Å². The summed E-state index contributed by atoms with van der Waals surface area (Å²) >= 11 is 0. The molecule has 328 valence electrons. The molecule has 8 aliphatic rings. The number of rotatable bonds is 2. The molecule has 5 aromatic rings. The zero-order valence-corrected chi connectivity index (χ0v) is 40.9. The van der Waals surface area contributed by atoms with E-state index in [0.717, 1.165) is 0 Å². The molecule has 0 saturated heterocycles. The number of anilines is 6. The van der Waals surface area contributed by atoms with Gasteiger partial charge in [0.25, 0.3) is 6.71 Å². The normalized spacial score (nSPS) is 32.4. The topological polar surface area (TPSA) is 9.72 Å². The summed E-state index contributed by atoms with van der Waals surface area (Å²) in [5.41, 5.74) is 25.7. The highest BCUT2D eigenvalue weighted by Crippen LogP contribution is 2.68. The number of hydrogen-bond acceptors (Lipinski definition) is 3. The van der Waals surface area contributed by atoms with Crippen LogP contribution < -0.4 is 31.1 Å². The number of nitrogens with zero attached hydrogens (tertiary/aromatic N) is 3. The zero-order chi connectivity index (χ0) is 44.3. The van der Waals surface area contributed by atoms with Crippen LogP contribution in [0.5, 0.6) is 0 Å². The first-order chi connectivity index (χ1) is 30.4. The van der Waals surface area contributed by atoms with E-state index in [-0.39, 0.29) is 45.0 Å². The van der Waals surface area contributed by atoms with Crippen LogP contribution in [-0.4, -0.2) is 23.3 Å². The molecule has 0 spiro atoms. The minimum atomic E-state index is -0.0595. The molecule has 3 saturated carbocycles. The summed E-state index contributed by atoms with van der Waals surface area (Å²) in [4.78, 5) is 8.94. The van der Waals surface area contributed by atoms with Crippen LogP contribution in [0.2, 0.25) is 0 Å². The lowest BCUT2D eigenvalue weighted by atomic mass is 9.32. The smallest absolute Gasteiger partial charge is 0.252 e. The van der Waals surface area contributed by atoms with E-state index in [2.05, 4.69) is 170 Å². The van der Waals surface area contributed by atoms with Crippen LogP contribution >= 0.6 is 0 Å². The molecule has 3 fully saturated rings. The van der Waals surface area contributed by atoms with Crippen molar-refractivity contribution in [2.75, 3.05) is 14.7 Å². The Morgan fingerprint density at radius 3 is 1.69 bits per heavy atom. The molecule has 6 atom stereocenters. The van der Waals surface area contributed by atoms with Crippen molar-refractivity contribution < 1.29 is 0 Å². The predicted molar refractivity (Wildman–Crippen MR) is 273 cm³/mol. The summed E-state index contributed by atoms with van der Waals surface area (Å²) in [6.07, 6.45) is 15.1. The minimum Gasteiger partial charge on any atom is -0.335 e. The van der Waals surface area contributed by atoms with Crippen molar-refractivity contribution in [1.82, 2.24) is 0 Å². The number of benzene rings is 5. The Bertz CT molecular complexity index is 2890. The van der Waals surface area contributed by atoms with E-state index in [9.17, 15) is 0 Å². The van der Waals surface area contributed by atoms with Gasteiger partial charge < -0.3 is 14.7 Å². The molecule has 6 unspecified atom stereocenters. The lowest BCUT2D eigenvalue weighted by Gasteiger charge is -2.55. The Hall–Kier alpha value is -4.44. The van der Waals surface area contributed by atoms with Crippen LogP contribution in [0, 0.1) is 13.8 Å². The Balaban J connectivity index is 1.16. The van der Waals surface area contributed by atoms with Gasteiger partial charge in [-0.15, -0.1) is 0 Å². The lowest BCUT2D eigenvalue weighted by Crippen LogP contribution is -2.67. The Morgan fingerprint density at radius 2 is 1.05 bits per heavy atom. The molecule has 5 aliphatic heterocycles. The molecule has 0 N–H and O–H groups in total. The second kappa shape index (κ2) is 12.3. The first-order valence-electron chi connectivity index (χ1n) is 25.5. The third-order valence-corrected chi connectivity index (χ3v) is 20.8. The van der Waals surface area contributed by atoms with Crippen molar-refractivity contribution in [3.05, 3.63) is 112 Å². The van der Waals surface area contributed by atoms with Crippen LogP contribution in [0.1, 0.15) is 173 Å². The molecule has 3 nitrogen and oxygen atoms in total. The van der Waals surface area contributed by atoms with E-state index in [1.54, 1.807) is 44.5 Å². The van der Waals surface area contributed by atoms with Crippen LogP contribution in [0.25, 0.3) is 11.1 Å². The molecule has 0 radical (unpaired) electrons. The van der Waals surface area contributed by atoms with E-state index in [4.69, 9.17) is 0 Å². The fourth-order valence-electron chi connectivity index (χ4n) is 16.9. The maximum atomic E-state index is 3.02.